The smallest absolute Gasteiger partial charge is 0.143 e. The summed E-state index contributed by atoms with van der Waals surface area (Å²) in [5.74, 6) is 0. The summed E-state index contributed by atoms with van der Waals surface area (Å²) in [6.45, 7) is 9.42. The highest BCUT2D eigenvalue weighted by Gasteiger charge is 2.38. The summed E-state index contributed by atoms with van der Waals surface area (Å²) in [5.41, 5.74) is 43.3. The van der Waals surface area contributed by atoms with Crippen molar-refractivity contribution < 1.29 is 8.83 Å². The Morgan fingerprint density at radius 2 is 0.460 bits per heavy atom. The van der Waals surface area contributed by atoms with Crippen LogP contribution in [0.1, 0.15) is 49.9 Å². The van der Waals surface area contributed by atoms with Crippen LogP contribution in [0.5, 0.6) is 0 Å². The van der Waals surface area contributed by atoms with Gasteiger partial charge in [0.05, 0.1) is 11.0 Å². The molecule has 2 aliphatic rings. The summed E-state index contributed by atoms with van der Waals surface area (Å²) in [7, 11) is 8.67. The maximum absolute atomic E-state index is 6.41. The van der Waals surface area contributed by atoms with Crippen molar-refractivity contribution in [3.05, 3.63) is 453 Å². The van der Waals surface area contributed by atoms with E-state index in [-0.39, 0.29) is 10.8 Å². The average molecular weight is 1760 g/mol. The van der Waals surface area contributed by atoms with Gasteiger partial charge in [-0.1, -0.05) is 325 Å². The summed E-state index contributed by atoms with van der Waals surface area (Å²) in [5, 5.41) is 17.6. The molecule has 0 unspecified atom stereocenters. The number of rotatable bonds is 7. The van der Waals surface area contributed by atoms with Gasteiger partial charge in [-0.2, -0.15) is 0 Å². The fraction of sp³-hybridized carbons (Fsp3) is 0.0769. The Morgan fingerprint density at radius 3 is 0.978 bits per heavy atom. The van der Waals surface area contributed by atoms with Crippen LogP contribution in [0.2, 0.25) is 0 Å². The van der Waals surface area contributed by atoms with E-state index in [2.05, 4.69) is 485 Å². The molecule has 0 fully saturated rings. The molecule has 2 aliphatic carbocycles. The fourth-order valence-electron chi connectivity index (χ4n) is 23.1. The van der Waals surface area contributed by atoms with Crippen LogP contribution < -0.4 is 0 Å². The standard InChI is InChI=1S/C43H28N2O.C31H21NO.2C28H23N/c1-44-38-21-18-27(28-19-23-41-35(24-28)32-12-5-7-16-40(32)45(41)30-10-3-2-4-11-30)25-36(38)37-26-29(20-22-39(37)44)31-14-9-15-34-33-13-6-8-17-42(33)46-43(31)34;1-32-28-11-4-2-7-24(28)27-19-22(17-18-29(27)32)20-13-15-21(16-14-20)23-9-6-10-26-25-8-3-5-12-30(25)33-31(23)26;1-28(2)24-15-19(18-9-5-4-6-10-18)13-14-20(24)22-16-23-21-11-7-8-12-26(21)29(3)27(23)17-25(22)28;1-28(2)24-12-8-7-11-20(24)21-16-23-22-15-19(18-9-5-4-6-10-18)13-14-26(22)29(3)27(23)17-25(21)28/h2-26H,1H3;2-19H,1H3;2*4-17H,1-3H3. The average Bonchev–Trinajstić information content (AvgIpc) is 1.55. The number of fused-ring (bicyclic) bond motifs is 27. The Kier molecular flexibility index (Phi) is 18.5. The molecule has 0 amide bonds. The largest absolute Gasteiger partial charge is 0.455 e. The Balaban J connectivity index is 0.0000000965. The van der Waals surface area contributed by atoms with Crippen LogP contribution >= 0.6 is 0 Å². The minimum atomic E-state index is -0.0138. The first kappa shape index (κ1) is 80.8. The first-order chi connectivity index (χ1) is 67.1. The van der Waals surface area contributed by atoms with Crippen LogP contribution in [-0.2, 0) is 39.0 Å². The lowest BCUT2D eigenvalue weighted by molar-refractivity contribution is 0.660. The van der Waals surface area contributed by atoms with Crippen LogP contribution in [0.3, 0.4) is 0 Å². The van der Waals surface area contributed by atoms with Gasteiger partial charge in [0.25, 0.3) is 0 Å². The lowest BCUT2D eigenvalue weighted by Crippen LogP contribution is -2.15. The van der Waals surface area contributed by atoms with Gasteiger partial charge in [-0.05, 0) is 234 Å². The summed E-state index contributed by atoms with van der Waals surface area (Å²) in [6.07, 6.45) is 0. The van der Waals surface area contributed by atoms with Crippen molar-refractivity contribution in [1.29, 1.82) is 0 Å². The van der Waals surface area contributed by atoms with Crippen molar-refractivity contribution in [2.45, 2.75) is 38.5 Å². The number of aryl methyl sites for hydroxylation is 4. The van der Waals surface area contributed by atoms with Gasteiger partial charge >= 0.3 is 0 Å². The maximum Gasteiger partial charge on any atom is 0.143 e. The van der Waals surface area contributed by atoms with E-state index in [4.69, 9.17) is 8.83 Å². The summed E-state index contributed by atoms with van der Waals surface area (Å²) in [4.78, 5) is 0. The van der Waals surface area contributed by atoms with Crippen LogP contribution in [0, 0.1) is 0 Å². The fourth-order valence-corrected chi connectivity index (χ4v) is 23.1. The molecule has 0 spiro atoms. The number of benzene rings is 20. The van der Waals surface area contributed by atoms with Gasteiger partial charge in [-0.15, -0.1) is 0 Å². The molecule has 0 aliphatic heterocycles. The molecular formula is C130H95N5O2. The molecular weight excluding hydrogens is 1660 g/mol. The van der Waals surface area contributed by atoms with E-state index < -0.39 is 0 Å². The second kappa shape index (κ2) is 31.3. The van der Waals surface area contributed by atoms with E-state index >= 15 is 0 Å². The third kappa shape index (κ3) is 12.8. The third-order valence-corrected chi connectivity index (χ3v) is 30.2. The molecule has 0 bridgehead atoms. The van der Waals surface area contributed by atoms with E-state index in [1.165, 1.54) is 204 Å². The normalized spacial score (nSPS) is 12.9. The van der Waals surface area contributed by atoms with Gasteiger partial charge in [-0.3, -0.25) is 0 Å². The van der Waals surface area contributed by atoms with Crippen molar-refractivity contribution >= 4 is 153 Å². The highest BCUT2D eigenvalue weighted by molar-refractivity contribution is 6.18. The summed E-state index contributed by atoms with van der Waals surface area (Å²) in [6, 6.07) is 156. The molecule has 0 N–H and O–H groups in total. The number of nitrogens with zero attached hydrogens (tertiary/aromatic N) is 5. The molecule has 0 saturated heterocycles. The number of para-hydroxylation sites is 8. The maximum atomic E-state index is 6.41. The van der Waals surface area contributed by atoms with Crippen LogP contribution in [0.25, 0.3) is 248 Å². The van der Waals surface area contributed by atoms with Gasteiger partial charge in [-0.25, -0.2) is 0 Å². The molecule has 137 heavy (non-hydrogen) atoms. The zero-order valence-electron chi connectivity index (χ0n) is 77.5. The zero-order valence-corrected chi connectivity index (χ0v) is 77.5. The molecule has 0 radical (unpaired) electrons. The molecule has 20 aromatic carbocycles. The van der Waals surface area contributed by atoms with Gasteiger partial charge < -0.3 is 31.7 Å². The first-order valence-corrected chi connectivity index (χ1v) is 47.6. The second-order valence-electron chi connectivity index (χ2n) is 38.4. The van der Waals surface area contributed by atoms with E-state index in [9.17, 15) is 0 Å². The second-order valence-corrected chi connectivity index (χ2v) is 38.4. The first-order valence-electron chi connectivity index (χ1n) is 47.6. The van der Waals surface area contributed by atoms with Crippen molar-refractivity contribution in [1.82, 2.24) is 22.8 Å². The van der Waals surface area contributed by atoms with Crippen LogP contribution in [0.15, 0.2) is 440 Å². The highest BCUT2D eigenvalue weighted by Crippen LogP contribution is 2.54. The van der Waals surface area contributed by atoms with Crippen LogP contribution in [-0.4, -0.2) is 22.8 Å². The van der Waals surface area contributed by atoms with E-state index in [1.807, 2.05) is 24.3 Å². The van der Waals surface area contributed by atoms with Gasteiger partial charge in [0.2, 0.25) is 0 Å². The van der Waals surface area contributed by atoms with Crippen molar-refractivity contribution in [3.63, 3.8) is 0 Å². The van der Waals surface area contributed by atoms with E-state index in [0.29, 0.717) is 0 Å². The third-order valence-electron chi connectivity index (χ3n) is 30.2. The van der Waals surface area contributed by atoms with Crippen molar-refractivity contribution in [3.8, 4) is 94.7 Å². The summed E-state index contributed by atoms with van der Waals surface area (Å²) < 4.78 is 24.3. The topological polar surface area (TPSA) is 50.9 Å². The van der Waals surface area contributed by atoms with Gasteiger partial charge in [0.1, 0.15) is 22.3 Å². The Hall–Kier alpha value is -17.0. The molecule has 652 valence electrons. The molecule has 7 aromatic heterocycles. The van der Waals surface area contributed by atoms with Crippen molar-refractivity contribution in [2.24, 2.45) is 28.2 Å². The SMILES string of the molecule is Cn1c2ccc(-c3ccc4c(c3)c3ccccc3n4-c3ccccc3)cc2c2cc(-c3cccc4c3oc3ccccc34)ccc21.Cn1c2ccc(-c3ccccc3)cc2c2cc3c(cc21)C(C)(C)c1ccccc1-3.Cn1c2ccccc2c2cc(-c3ccc(-c4cccc5c4oc4ccccc45)cc3)ccc21.Cn1c2ccccc2c2cc3c(cc21)C(C)(C)c1cc(-c2ccccc2)ccc1-3. The predicted octanol–water partition coefficient (Wildman–Crippen LogP) is 34.8. The molecule has 0 atom stereocenters. The predicted molar refractivity (Wildman–Crippen MR) is 578 cm³/mol. The Bertz CT molecular complexity index is 9640. The molecule has 29 rings (SSSR count). The van der Waals surface area contributed by atoms with E-state index in [1.54, 1.807) is 0 Å². The van der Waals surface area contributed by atoms with Gasteiger partial charge in [0.15, 0.2) is 0 Å². The Morgan fingerprint density at radius 1 is 0.168 bits per heavy atom. The number of hydrogen-bond donors (Lipinski definition) is 0. The molecule has 27 aromatic rings. The quantitative estimate of drug-likeness (QED) is 0.160. The van der Waals surface area contributed by atoms with E-state index in [0.717, 1.165) is 66.1 Å². The Labute approximate surface area is 793 Å². The van der Waals surface area contributed by atoms with Crippen molar-refractivity contribution in [2.75, 3.05) is 0 Å². The van der Waals surface area contributed by atoms with Gasteiger partial charge in [0, 0.05) is 175 Å². The zero-order chi connectivity index (χ0) is 91.8. The number of furan rings is 2. The molecule has 7 nitrogen and oxygen atoms in total. The van der Waals surface area contributed by atoms with Crippen LogP contribution in [0.4, 0.5) is 0 Å². The number of hydrogen-bond acceptors (Lipinski definition) is 2. The minimum absolute atomic E-state index is 0.0138. The monoisotopic (exact) mass is 1760 g/mol. The lowest BCUT2D eigenvalue weighted by Gasteiger charge is -2.22. The number of aromatic nitrogens is 5. The summed E-state index contributed by atoms with van der Waals surface area (Å²) >= 11 is 0. The minimum Gasteiger partial charge on any atom is -0.455 e. The molecule has 0 saturated carbocycles. The lowest BCUT2D eigenvalue weighted by atomic mass is 9.81. The molecule has 7 heterocycles. The highest BCUT2D eigenvalue weighted by atomic mass is 16.3. The molecule has 7 heteroatoms.